The molecule has 0 saturated carbocycles. The zero-order chi connectivity index (χ0) is 33.7. The minimum Gasteiger partial charge on any atom is -0.455 e. The van der Waals surface area contributed by atoms with Crippen LogP contribution in [0.2, 0.25) is 0 Å². The summed E-state index contributed by atoms with van der Waals surface area (Å²) in [7, 11) is 0. The van der Waals surface area contributed by atoms with Gasteiger partial charge in [-0.3, -0.25) is 0 Å². The summed E-state index contributed by atoms with van der Waals surface area (Å²) in [4.78, 5) is 10.4. The van der Waals surface area contributed by atoms with Gasteiger partial charge in [0.05, 0.1) is 11.4 Å². The van der Waals surface area contributed by atoms with E-state index < -0.39 is 0 Å². The molecule has 3 nitrogen and oxygen atoms in total. The van der Waals surface area contributed by atoms with Gasteiger partial charge in [0.15, 0.2) is 5.82 Å². The minimum absolute atomic E-state index is 0.701. The SMILES string of the molecule is c1ccc(-c2nc(-c3ccc4cc(-c5cccc6c5oc5ccccc56)ccc4c3)cc(-c3cccc4cccc(-c5ccccc5)c34)n2)cc1. The topological polar surface area (TPSA) is 38.9 Å². The average molecular weight is 651 g/mol. The van der Waals surface area contributed by atoms with Gasteiger partial charge >= 0.3 is 0 Å². The lowest BCUT2D eigenvalue weighted by atomic mass is 9.92. The van der Waals surface area contributed by atoms with Gasteiger partial charge in [-0.1, -0.05) is 158 Å². The lowest BCUT2D eigenvalue weighted by Crippen LogP contribution is -1.97. The van der Waals surface area contributed by atoms with E-state index >= 15 is 0 Å². The summed E-state index contributed by atoms with van der Waals surface area (Å²) in [6, 6.07) is 63.8. The Bertz CT molecular complexity index is 2900. The molecule has 0 aliphatic rings. The summed E-state index contributed by atoms with van der Waals surface area (Å²) in [6.07, 6.45) is 0. The molecule has 10 rings (SSSR count). The molecule has 2 heterocycles. The molecule has 0 unspecified atom stereocenters. The third-order valence-corrected chi connectivity index (χ3v) is 9.87. The van der Waals surface area contributed by atoms with Crippen LogP contribution in [0.4, 0.5) is 0 Å². The van der Waals surface area contributed by atoms with Crippen LogP contribution in [0.5, 0.6) is 0 Å². The van der Waals surface area contributed by atoms with Crippen molar-refractivity contribution in [2.75, 3.05) is 0 Å². The maximum Gasteiger partial charge on any atom is 0.160 e. The van der Waals surface area contributed by atoms with Crippen molar-refractivity contribution in [1.29, 1.82) is 0 Å². The third-order valence-electron chi connectivity index (χ3n) is 9.87. The van der Waals surface area contributed by atoms with E-state index in [4.69, 9.17) is 14.4 Å². The molecular formula is C48H30N2O. The summed E-state index contributed by atoms with van der Waals surface area (Å²) in [6.45, 7) is 0. The molecule has 0 aliphatic heterocycles. The van der Waals surface area contributed by atoms with E-state index in [-0.39, 0.29) is 0 Å². The van der Waals surface area contributed by atoms with Crippen molar-refractivity contribution >= 4 is 43.5 Å². The van der Waals surface area contributed by atoms with Gasteiger partial charge in [-0.15, -0.1) is 0 Å². The predicted molar refractivity (Wildman–Crippen MR) is 212 cm³/mol. The molecule has 0 amide bonds. The highest BCUT2D eigenvalue weighted by molar-refractivity contribution is 6.10. The van der Waals surface area contributed by atoms with Crippen LogP contribution in [0.25, 0.3) is 99.6 Å². The van der Waals surface area contributed by atoms with Gasteiger partial charge in [0.1, 0.15) is 11.2 Å². The first-order valence-corrected chi connectivity index (χ1v) is 17.2. The van der Waals surface area contributed by atoms with E-state index in [2.05, 4.69) is 152 Å². The summed E-state index contributed by atoms with van der Waals surface area (Å²) < 4.78 is 6.37. The molecule has 0 bridgehead atoms. The van der Waals surface area contributed by atoms with E-state index in [0.717, 1.165) is 71.9 Å². The second kappa shape index (κ2) is 11.9. The molecule has 8 aromatic carbocycles. The Morgan fingerprint density at radius 3 is 1.76 bits per heavy atom. The second-order valence-electron chi connectivity index (χ2n) is 13.0. The third kappa shape index (κ3) is 5.06. The van der Waals surface area contributed by atoms with Crippen molar-refractivity contribution in [1.82, 2.24) is 9.97 Å². The Morgan fingerprint density at radius 2 is 0.961 bits per heavy atom. The number of benzene rings is 8. The van der Waals surface area contributed by atoms with Crippen LogP contribution < -0.4 is 0 Å². The first kappa shape index (κ1) is 29.1. The fourth-order valence-corrected chi connectivity index (χ4v) is 7.41. The van der Waals surface area contributed by atoms with Crippen LogP contribution in [-0.4, -0.2) is 9.97 Å². The number of furan rings is 1. The maximum absolute atomic E-state index is 6.37. The molecule has 51 heavy (non-hydrogen) atoms. The van der Waals surface area contributed by atoms with E-state index in [0.29, 0.717) is 5.82 Å². The fraction of sp³-hybridized carbons (Fsp3) is 0. The summed E-state index contributed by atoms with van der Waals surface area (Å²) in [5, 5.41) is 6.93. The Balaban J connectivity index is 1.12. The average Bonchev–Trinajstić information content (AvgIpc) is 3.59. The molecule has 0 N–H and O–H groups in total. The first-order valence-electron chi connectivity index (χ1n) is 17.2. The number of hydrogen-bond acceptors (Lipinski definition) is 3. The monoisotopic (exact) mass is 650 g/mol. The maximum atomic E-state index is 6.37. The van der Waals surface area contributed by atoms with E-state index in [1.807, 2.05) is 30.3 Å². The van der Waals surface area contributed by atoms with Crippen molar-refractivity contribution in [2.45, 2.75) is 0 Å². The van der Waals surface area contributed by atoms with Crippen LogP contribution in [0.3, 0.4) is 0 Å². The number of aromatic nitrogens is 2. The minimum atomic E-state index is 0.701. The smallest absolute Gasteiger partial charge is 0.160 e. The zero-order valence-corrected chi connectivity index (χ0v) is 27.6. The van der Waals surface area contributed by atoms with Crippen molar-refractivity contribution < 1.29 is 4.42 Å². The second-order valence-corrected chi connectivity index (χ2v) is 13.0. The molecule has 0 radical (unpaired) electrons. The van der Waals surface area contributed by atoms with E-state index in [1.165, 1.54) is 21.9 Å². The van der Waals surface area contributed by atoms with Crippen LogP contribution in [0.15, 0.2) is 186 Å². The van der Waals surface area contributed by atoms with Crippen molar-refractivity contribution in [3.05, 3.63) is 182 Å². The van der Waals surface area contributed by atoms with E-state index in [1.54, 1.807) is 0 Å². The zero-order valence-electron chi connectivity index (χ0n) is 27.6. The van der Waals surface area contributed by atoms with Crippen LogP contribution in [0.1, 0.15) is 0 Å². The molecule has 2 aromatic heterocycles. The lowest BCUT2D eigenvalue weighted by molar-refractivity contribution is 0.670. The van der Waals surface area contributed by atoms with Crippen molar-refractivity contribution in [3.63, 3.8) is 0 Å². The molecule has 0 saturated heterocycles. The number of rotatable bonds is 5. The largest absolute Gasteiger partial charge is 0.455 e. The van der Waals surface area contributed by atoms with Crippen molar-refractivity contribution in [2.24, 2.45) is 0 Å². The number of fused-ring (bicyclic) bond motifs is 5. The lowest BCUT2D eigenvalue weighted by Gasteiger charge is -2.14. The van der Waals surface area contributed by atoms with Crippen LogP contribution in [-0.2, 0) is 0 Å². The summed E-state index contributed by atoms with van der Waals surface area (Å²) in [5.41, 5.74) is 11.3. The van der Waals surface area contributed by atoms with Gasteiger partial charge in [0, 0.05) is 33.0 Å². The normalized spacial score (nSPS) is 11.5. The molecule has 238 valence electrons. The van der Waals surface area contributed by atoms with Crippen LogP contribution >= 0.6 is 0 Å². The van der Waals surface area contributed by atoms with Gasteiger partial charge in [-0.2, -0.15) is 0 Å². The van der Waals surface area contributed by atoms with Crippen LogP contribution in [0, 0.1) is 0 Å². The first-order chi connectivity index (χ1) is 25.3. The molecule has 10 aromatic rings. The van der Waals surface area contributed by atoms with Gasteiger partial charge in [-0.05, 0) is 62.5 Å². The molecule has 0 spiro atoms. The van der Waals surface area contributed by atoms with Gasteiger partial charge in [0.25, 0.3) is 0 Å². The number of nitrogens with zero attached hydrogens (tertiary/aromatic N) is 2. The molecule has 0 atom stereocenters. The fourth-order valence-electron chi connectivity index (χ4n) is 7.41. The Hall–Kier alpha value is -6.84. The highest BCUT2D eigenvalue weighted by Gasteiger charge is 2.16. The van der Waals surface area contributed by atoms with Gasteiger partial charge in [0.2, 0.25) is 0 Å². The molecule has 0 aliphatic carbocycles. The van der Waals surface area contributed by atoms with Gasteiger partial charge in [-0.25, -0.2) is 9.97 Å². The summed E-state index contributed by atoms with van der Waals surface area (Å²) >= 11 is 0. The standard InChI is InChI=1S/C48H30N2O/c1-3-12-31(13-4-1)38-19-9-16-32-17-10-22-42(46(32)38)44-30-43(49-48(50-44)33-14-5-2-6-15-33)37-27-25-34-28-36(26-24-35(34)29-37)39-20-11-21-41-40-18-7-8-23-45(40)51-47(39)41/h1-30H. The number of hydrogen-bond donors (Lipinski definition) is 0. The Morgan fingerprint density at radius 1 is 0.353 bits per heavy atom. The van der Waals surface area contributed by atoms with Gasteiger partial charge < -0.3 is 4.42 Å². The quantitative estimate of drug-likeness (QED) is 0.186. The highest BCUT2D eigenvalue weighted by Crippen LogP contribution is 2.39. The highest BCUT2D eigenvalue weighted by atomic mass is 16.3. The number of para-hydroxylation sites is 2. The Kier molecular flexibility index (Phi) is 6.81. The molecule has 3 heteroatoms. The molecular weight excluding hydrogens is 621 g/mol. The summed E-state index contributed by atoms with van der Waals surface area (Å²) in [5.74, 6) is 0.701. The predicted octanol–water partition coefficient (Wildman–Crippen LogP) is 13.0. The Labute approximate surface area is 295 Å². The van der Waals surface area contributed by atoms with E-state index in [9.17, 15) is 0 Å². The molecule has 0 fully saturated rings. The van der Waals surface area contributed by atoms with Crippen molar-refractivity contribution in [3.8, 4) is 56.2 Å².